The van der Waals surface area contributed by atoms with Gasteiger partial charge in [0.2, 0.25) is 0 Å². The third-order valence-electron chi connectivity index (χ3n) is 17.2. The lowest BCUT2D eigenvalue weighted by atomic mass is 9.43. The van der Waals surface area contributed by atoms with Gasteiger partial charge in [0, 0.05) is 0 Å². The number of ether oxygens (including phenoxy) is 4. The Bertz CT molecular complexity index is 1520. The molecule has 4 fully saturated rings. The summed E-state index contributed by atoms with van der Waals surface area (Å²) in [5.41, 5.74) is -0.839. The normalized spacial score (nSPS) is 47.1. The van der Waals surface area contributed by atoms with Crippen molar-refractivity contribution in [2.75, 3.05) is 13.2 Å². The highest BCUT2D eigenvalue weighted by Gasteiger charge is 2.68. The standard InChI is InChI=1S/C44H74O14/c1-22(12-18-43(9,54)39(2,3)4)23-14-19-44(38(52)53)25-10-11-28-40(5,6)29(15-16-41(28,7)24(25)13-17-42(23,44)8)57-37-34(51)35(31(48)27(21-46)56-37)58-36-33(50)32(49)30(47)26(20-45)55-36/h22-23,26-37,45-51,54H,10-21H2,1-9H3,(H,52,53)/t22-,23-,26-,27-,28+,29+,30-,31+,32+,33-,34-,35+,36+,37+,41-,42-,43-,44+/m1/s1. The second kappa shape index (κ2) is 16.1. The van der Waals surface area contributed by atoms with Gasteiger partial charge in [0.15, 0.2) is 12.6 Å². The van der Waals surface area contributed by atoms with Gasteiger partial charge in [-0.1, -0.05) is 66.5 Å². The molecule has 2 aliphatic heterocycles. The number of carboxylic acids is 1. The molecule has 0 aromatic heterocycles. The lowest BCUT2D eigenvalue weighted by molar-refractivity contribution is -0.368. The molecule has 0 spiro atoms. The van der Waals surface area contributed by atoms with Crippen molar-refractivity contribution in [2.24, 2.45) is 44.8 Å². The van der Waals surface area contributed by atoms with Crippen LogP contribution in [0.15, 0.2) is 11.1 Å². The molecular weight excluding hydrogens is 752 g/mol. The second-order valence-corrected chi connectivity index (χ2v) is 21.3. The molecule has 4 aliphatic carbocycles. The van der Waals surface area contributed by atoms with Gasteiger partial charge in [0.1, 0.15) is 48.8 Å². The van der Waals surface area contributed by atoms with Crippen LogP contribution in [0.1, 0.15) is 127 Å². The summed E-state index contributed by atoms with van der Waals surface area (Å²) in [7, 11) is 0. The molecule has 0 amide bonds. The zero-order valence-corrected chi connectivity index (χ0v) is 36.1. The van der Waals surface area contributed by atoms with Gasteiger partial charge in [-0.15, -0.1) is 0 Å². The van der Waals surface area contributed by atoms with Gasteiger partial charge in [0.25, 0.3) is 0 Å². The molecule has 0 aromatic rings. The predicted octanol–water partition coefficient (Wildman–Crippen LogP) is 3.02. The van der Waals surface area contributed by atoms with Crippen molar-refractivity contribution in [1.29, 1.82) is 0 Å². The van der Waals surface area contributed by atoms with Gasteiger partial charge < -0.3 is 64.9 Å². The molecule has 6 aliphatic rings. The van der Waals surface area contributed by atoms with Crippen molar-refractivity contribution in [3.8, 4) is 0 Å². The molecule has 58 heavy (non-hydrogen) atoms. The lowest BCUT2D eigenvalue weighted by Gasteiger charge is -2.62. The molecular formula is C44H74O14. The lowest BCUT2D eigenvalue weighted by Crippen LogP contribution is -2.65. The molecule has 0 radical (unpaired) electrons. The van der Waals surface area contributed by atoms with Gasteiger partial charge in [-0.25, -0.2) is 0 Å². The van der Waals surface area contributed by atoms with Crippen molar-refractivity contribution < 1.29 is 69.7 Å². The minimum absolute atomic E-state index is 0.101. The molecule has 6 rings (SSSR count). The molecule has 2 saturated heterocycles. The fraction of sp³-hybridized carbons (Fsp3) is 0.932. The Balaban J connectivity index is 1.22. The smallest absolute Gasteiger partial charge is 0.314 e. The maximum Gasteiger partial charge on any atom is 0.314 e. The highest BCUT2D eigenvalue weighted by molar-refractivity contribution is 5.82. The van der Waals surface area contributed by atoms with Crippen molar-refractivity contribution in [3.63, 3.8) is 0 Å². The average molecular weight is 827 g/mol. The number of aliphatic hydroxyl groups excluding tert-OH is 7. The van der Waals surface area contributed by atoms with Gasteiger partial charge in [-0.3, -0.25) is 4.79 Å². The van der Waals surface area contributed by atoms with Crippen LogP contribution in [0.3, 0.4) is 0 Å². The molecule has 14 nitrogen and oxygen atoms in total. The van der Waals surface area contributed by atoms with Gasteiger partial charge in [-0.05, 0) is 111 Å². The number of carbonyl (C=O) groups is 1. The van der Waals surface area contributed by atoms with E-state index in [0.29, 0.717) is 25.7 Å². The topological polar surface area (TPSA) is 236 Å². The summed E-state index contributed by atoms with van der Waals surface area (Å²) in [5.74, 6) is -0.144. The van der Waals surface area contributed by atoms with Crippen LogP contribution < -0.4 is 0 Å². The number of hydrogen-bond donors (Lipinski definition) is 9. The van der Waals surface area contributed by atoms with Crippen LogP contribution >= 0.6 is 0 Å². The van der Waals surface area contributed by atoms with E-state index in [1.807, 2.05) is 6.92 Å². The number of allylic oxidation sites excluding steroid dienone is 1. The van der Waals surface area contributed by atoms with E-state index in [-0.39, 0.29) is 28.6 Å². The molecule has 18 atom stereocenters. The third-order valence-corrected chi connectivity index (χ3v) is 17.2. The molecule has 14 heteroatoms. The fourth-order valence-corrected chi connectivity index (χ4v) is 12.9. The average Bonchev–Trinajstić information content (AvgIpc) is 3.48. The van der Waals surface area contributed by atoms with E-state index in [1.165, 1.54) is 5.57 Å². The highest BCUT2D eigenvalue weighted by atomic mass is 16.7. The molecule has 2 saturated carbocycles. The van der Waals surface area contributed by atoms with E-state index in [4.69, 9.17) is 18.9 Å². The Labute approximate surface area is 343 Å². The summed E-state index contributed by atoms with van der Waals surface area (Å²) in [6.07, 6.45) is -8.55. The maximum atomic E-state index is 13.8. The van der Waals surface area contributed by atoms with Crippen molar-refractivity contribution in [3.05, 3.63) is 11.1 Å². The zero-order valence-electron chi connectivity index (χ0n) is 36.1. The second-order valence-electron chi connectivity index (χ2n) is 21.3. The van der Waals surface area contributed by atoms with Crippen LogP contribution in [-0.4, -0.2) is 138 Å². The van der Waals surface area contributed by atoms with Crippen LogP contribution in [0.4, 0.5) is 0 Å². The quantitative estimate of drug-likeness (QED) is 0.136. The molecule has 9 N–H and O–H groups in total. The first-order valence-electron chi connectivity index (χ1n) is 21.8. The number of aliphatic hydroxyl groups is 8. The highest BCUT2D eigenvalue weighted by Crippen LogP contribution is 2.73. The van der Waals surface area contributed by atoms with E-state index < -0.39 is 109 Å². The Morgan fingerprint density at radius 3 is 1.97 bits per heavy atom. The van der Waals surface area contributed by atoms with Crippen LogP contribution in [0, 0.1) is 44.8 Å². The zero-order chi connectivity index (χ0) is 43.1. The van der Waals surface area contributed by atoms with Gasteiger partial charge in [-0.2, -0.15) is 0 Å². The monoisotopic (exact) mass is 827 g/mol. The summed E-state index contributed by atoms with van der Waals surface area (Å²) in [5, 5.41) is 96.2. The fourth-order valence-electron chi connectivity index (χ4n) is 12.9. The van der Waals surface area contributed by atoms with E-state index in [9.17, 15) is 50.8 Å². The first kappa shape index (κ1) is 46.2. The summed E-state index contributed by atoms with van der Waals surface area (Å²) < 4.78 is 23.9. The van der Waals surface area contributed by atoms with Crippen LogP contribution in [0.25, 0.3) is 0 Å². The number of carboxylic acid groups (broad SMARTS) is 1. The summed E-state index contributed by atoms with van der Waals surface area (Å²) in [6.45, 7) is 17.8. The van der Waals surface area contributed by atoms with E-state index in [2.05, 4.69) is 55.4 Å². The molecule has 0 aromatic carbocycles. The first-order valence-corrected chi connectivity index (χ1v) is 21.8. The Morgan fingerprint density at radius 1 is 0.776 bits per heavy atom. The summed E-state index contributed by atoms with van der Waals surface area (Å²) in [6, 6.07) is 0. The maximum absolute atomic E-state index is 13.8. The van der Waals surface area contributed by atoms with Gasteiger partial charge >= 0.3 is 5.97 Å². The molecule has 334 valence electrons. The molecule has 2 heterocycles. The number of fused-ring (bicyclic) bond motifs is 4. The third kappa shape index (κ3) is 7.24. The minimum atomic E-state index is -1.78. The van der Waals surface area contributed by atoms with Gasteiger partial charge in [0.05, 0.1) is 30.3 Å². The number of rotatable bonds is 11. The summed E-state index contributed by atoms with van der Waals surface area (Å²) in [4.78, 5) is 13.8. The summed E-state index contributed by atoms with van der Waals surface area (Å²) >= 11 is 0. The van der Waals surface area contributed by atoms with Crippen LogP contribution in [0.5, 0.6) is 0 Å². The van der Waals surface area contributed by atoms with Crippen molar-refractivity contribution in [2.45, 2.75) is 200 Å². The largest absolute Gasteiger partial charge is 0.481 e. The Hall–Kier alpha value is -1.27. The molecule has 0 unspecified atom stereocenters. The number of aliphatic carboxylic acids is 1. The van der Waals surface area contributed by atoms with E-state index in [1.54, 1.807) is 0 Å². The first-order chi connectivity index (χ1) is 26.8. The Kier molecular flexibility index (Phi) is 12.9. The van der Waals surface area contributed by atoms with Crippen LogP contribution in [-0.2, 0) is 23.7 Å². The number of hydrogen-bond acceptors (Lipinski definition) is 13. The Morgan fingerprint density at radius 2 is 1.38 bits per heavy atom. The van der Waals surface area contributed by atoms with Crippen molar-refractivity contribution >= 4 is 5.97 Å². The van der Waals surface area contributed by atoms with E-state index in [0.717, 1.165) is 44.1 Å². The predicted molar refractivity (Wildman–Crippen MR) is 211 cm³/mol. The van der Waals surface area contributed by atoms with E-state index >= 15 is 0 Å². The molecule has 0 bridgehead atoms. The SMILES string of the molecule is C[C@H](CC[C@@](C)(O)C(C)(C)C)[C@H]1CC[C@@]2(C(=O)O)C3=C(CC[C@]12C)[C@@]1(C)CC[C@H](O[C@@H]2O[C@H](CO)[C@H](O)[C@H](O[C@@H]4O[C@H](CO)[C@@H](O)[C@H](O)[C@H]4O)[C@H]2O)C(C)(C)[C@@H]1CC3. The van der Waals surface area contributed by atoms with Crippen molar-refractivity contribution in [1.82, 2.24) is 0 Å². The minimum Gasteiger partial charge on any atom is -0.481 e. The van der Waals surface area contributed by atoms with Crippen LogP contribution in [0.2, 0.25) is 0 Å².